The molecule has 0 saturated heterocycles. The van der Waals surface area contributed by atoms with E-state index in [0.29, 0.717) is 32.8 Å². The quantitative estimate of drug-likeness (QED) is 0.397. The first-order valence-electron chi connectivity index (χ1n) is 9.65. The van der Waals surface area contributed by atoms with Crippen molar-refractivity contribution < 1.29 is 19.1 Å². The van der Waals surface area contributed by atoms with Crippen LogP contribution >= 0.6 is 31.9 Å². The van der Waals surface area contributed by atoms with Gasteiger partial charge in [0.2, 0.25) is 6.79 Å². The maximum Gasteiger partial charge on any atom is 0.272 e. The molecule has 0 aromatic heterocycles. The van der Waals surface area contributed by atoms with Crippen molar-refractivity contribution in [3.63, 3.8) is 0 Å². The van der Waals surface area contributed by atoms with Gasteiger partial charge in [0.25, 0.3) is 11.8 Å². The molecule has 3 aromatic carbocycles. The molecule has 4 rings (SSSR count). The van der Waals surface area contributed by atoms with Gasteiger partial charge in [0.1, 0.15) is 5.70 Å². The highest BCUT2D eigenvalue weighted by Gasteiger charge is 2.19. The number of hydrogen-bond acceptors (Lipinski definition) is 4. The SMILES string of the molecule is Cc1ccc(NC(=O)/C(=C\c2ccc3c(c2)OCO3)NC(=O)c2ccccc2Br)c(Br)c1. The predicted octanol–water partition coefficient (Wildman–Crippen LogP) is 5.66. The molecule has 8 heteroatoms. The molecule has 1 aliphatic heterocycles. The molecule has 162 valence electrons. The van der Waals surface area contributed by atoms with Crippen molar-refractivity contribution >= 4 is 55.4 Å². The van der Waals surface area contributed by atoms with Crippen LogP contribution in [0, 0.1) is 6.92 Å². The maximum atomic E-state index is 13.2. The van der Waals surface area contributed by atoms with Gasteiger partial charge < -0.3 is 20.1 Å². The van der Waals surface area contributed by atoms with Gasteiger partial charge in [0.15, 0.2) is 11.5 Å². The highest BCUT2D eigenvalue weighted by atomic mass is 79.9. The van der Waals surface area contributed by atoms with E-state index in [1.165, 1.54) is 0 Å². The summed E-state index contributed by atoms with van der Waals surface area (Å²) in [5.74, 6) is 0.334. The predicted molar refractivity (Wildman–Crippen MR) is 130 cm³/mol. The minimum atomic E-state index is -0.465. The Morgan fingerprint density at radius 3 is 2.50 bits per heavy atom. The standard InChI is InChI=1S/C24H18Br2N2O4/c1-14-6-8-19(18(26)10-14)27-24(30)20(28-23(29)16-4-2-3-5-17(16)25)11-15-7-9-21-22(12-15)32-13-31-21/h2-12H,13H2,1H3,(H,27,30)(H,28,29)/b20-11+. The lowest BCUT2D eigenvalue weighted by Gasteiger charge is -2.13. The number of fused-ring (bicyclic) bond motifs is 1. The van der Waals surface area contributed by atoms with Gasteiger partial charge in [-0.15, -0.1) is 0 Å². The van der Waals surface area contributed by atoms with Crippen LogP contribution < -0.4 is 20.1 Å². The van der Waals surface area contributed by atoms with E-state index >= 15 is 0 Å². The van der Waals surface area contributed by atoms with Crippen molar-refractivity contribution in [2.45, 2.75) is 6.92 Å². The third kappa shape index (κ3) is 5.03. The van der Waals surface area contributed by atoms with Crippen molar-refractivity contribution in [1.29, 1.82) is 0 Å². The molecular formula is C24H18Br2N2O4. The molecule has 0 spiro atoms. The second kappa shape index (κ2) is 9.58. The fourth-order valence-corrected chi connectivity index (χ4v) is 4.13. The molecule has 32 heavy (non-hydrogen) atoms. The van der Waals surface area contributed by atoms with E-state index in [4.69, 9.17) is 9.47 Å². The van der Waals surface area contributed by atoms with Crippen molar-refractivity contribution in [1.82, 2.24) is 5.32 Å². The Labute approximate surface area is 201 Å². The van der Waals surface area contributed by atoms with Crippen LogP contribution in [0.25, 0.3) is 6.08 Å². The number of hydrogen-bond donors (Lipinski definition) is 2. The Balaban J connectivity index is 1.66. The summed E-state index contributed by atoms with van der Waals surface area (Å²) in [4.78, 5) is 26.1. The van der Waals surface area contributed by atoms with Gasteiger partial charge >= 0.3 is 0 Å². The van der Waals surface area contributed by atoms with Gasteiger partial charge in [-0.25, -0.2) is 0 Å². The average Bonchev–Trinajstić information content (AvgIpc) is 3.23. The van der Waals surface area contributed by atoms with Crippen molar-refractivity contribution in [2.24, 2.45) is 0 Å². The average molecular weight is 558 g/mol. The Morgan fingerprint density at radius 1 is 0.938 bits per heavy atom. The van der Waals surface area contributed by atoms with E-state index in [2.05, 4.69) is 42.5 Å². The summed E-state index contributed by atoms with van der Waals surface area (Å²) in [6.07, 6.45) is 1.59. The zero-order chi connectivity index (χ0) is 22.7. The molecule has 3 aromatic rings. The number of carbonyl (C=O) groups is 2. The van der Waals surface area contributed by atoms with Crippen LogP contribution in [0.15, 0.2) is 75.3 Å². The molecule has 1 heterocycles. The molecule has 2 amide bonds. The highest BCUT2D eigenvalue weighted by molar-refractivity contribution is 9.11. The van der Waals surface area contributed by atoms with Crippen molar-refractivity contribution in [3.8, 4) is 11.5 Å². The summed E-state index contributed by atoms with van der Waals surface area (Å²) >= 11 is 6.84. The monoisotopic (exact) mass is 556 g/mol. The van der Waals surface area contributed by atoms with E-state index in [9.17, 15) is 9.59 Å². The fraction of sp³-hybridized carbons (Fsp3) is 0.0833. The summed E-state index contributed by atoms with van der Waals surface area (Å²) in [5.41, 5.74) is 2.81. The normalized spacial score (nSPS) is 12.4. The molecule has 6 nitrogen and oxygen atoms in total. The smallest absolute Gasteiger partial charge is 0.272 e. The third-order valence-electron chi connectivity index (χ3n) is 4.69. The van der Waals surface area contributed by atoms with Gasteiger partial charge in [0.05, 0.1) is 11.3 Å². The largest absolute Gasteiger partial charge is 0.454 e. The summed E-state index contributed by atoms with van der Waals surface area (Å²) in [5, 5.41) is 5.58. The first-order chi connectivity index (χ1) is 15.4. The molecule has 0 radical (unpaired) electrons. The van der Waals surface area contributed by atoms with Crippen LogP contribution in [0.5, 0.6) is 11.5 Å². The van der Waals surface area contributed by atoms with Gasteiger partial charge in [0, 0.05) is 8.95 Å². The van der Waals surface area contributed by atoms with Gasteiger partial charge in [-0.2, -0.15) is 0 Å². The number of halogens is 2. The molecule has 0 aliphatic carbocycles. The van der Waals surface area contributed by atoms with Crippen LogP contribution in [-0.2, 0) is 4.79 Å². The Kier molecular flexibility index (Phi) is 6.62. The van der Waals surface area contributed by atoms with Crippen LogP contribution in [0.4, 0.5) is 5.69 Å². The van der Waals surface area contributed by atoms with E-state index < -0.39 is 11.8 Å². The number of carbonyl (C=O) groups excluding carboxylic acids is 2. The van der Waals surface area contributed by atoms with Gasteiger partial charge in [-0.05, 0) is 92.4 Å². The minimum Gasteiger partial charge on any atom is -0.454 e. The molecule has 2 N–H and O–H groups in total. The summed E-state index contributed by atoms with van der Waals surface area (Å²) in [6.45, 7) is 2.11. The van der Waals surface area contributed by atoms with E-state index in [1.807, 2.05) is 25.1 Å². The molecule has 0 bridgehead atoms. The first-order valence-corrected chi connectivity index (χ1v) is 11.2. The lowest BCUT2D eigenvalue weighted by atomic mass is 10.1. The van der Waals surface area contributed by atoms with Crippen molar-refractivity contribution in [3.05, 3.63) is 92.0 Å². The molecular weight excluding hydrogens is 540 g/mol. The van der Waals surface area contributed by atoms with Crippen molar-refractivity contribution in [2.75, 3.05) is 12.1 Å². The fourth-order valence-electron chi connectivity index (χ4n) is 3.07. The number of rotatable bonds is 5. The van der Waals surface area contributed by atoms with Crippen LogP contribution in [0.2, 0.25) is 0 Å². The van der Waals surface area contributed by atoms with E-state index in [1.54, 1.807) is 48.5 Å². The first kappa shape index (κ1) is 22.1. The van der Waals surface area contributed by atoms with Gasteiger partial charge in [-0.1, -0.05) is 24.3 Å². The molecule has 0 unspecified atom stereocenters. The zero-order valence-electron chi connectivity index (χ0n) is 16.9. The summed E-state index contributed by atoms with van der Waals surface area (Å²) in [6, 6.07) is 17.9. The van der Waals surface area contributed by atoms with Gasteiger partial charge in [-0.3, -0.25) is 9.59 Å². The lowest BCUT2D eigenvalue weighted by molar-refractivity contribution is -0.113. The maximum absolute atomic E-state index is 13.2. The molecule has 0 atom stereocenters. The summed E-state index contributed by atoms with van der Waals surface area (Å²) < 4.78 is 12.1. The number of ether oxygens (including phenoxy) is 2. The minimum absolute atomic E-state index is 0.0806. The number of aryl methyl sites for hydroxylation is 1. The van der Waals surface area contributed by atoms with Crippen LogP contribution in [0.3, 0.4) is 0 Å². The molecule has 1 aliphatic rings. The number of benzene rings is 3. The summed E-state index contributed by atoms with van der Waals surface area (Å²) in [7, 11) is 0. The Hall–Kier alpha value is -3.10. The number of amides is 2. The number of nitrogens with one attached hydrogen (secondary N) is 2. The number of anilines is 1. The Morgan fingerprint density at radius 2 is 1.72 bits per heavy atom. The van der Waals surface area contributed by atoms with Crippen LogP contribution in [-0.4, -0.2) is 18.6 Å². The Bertz CT molecular complexity index is 1240. The molecule has 0 fully saturated rings. The zero-order valence-corrected chi connectivity index (χ0v) is 20.1. The lowest BCUT2D eigenvalue weighted by Crippen LogP contribution is -2.31. The second-order valence-corrected chi connectivity index (χ2v) is 8.75. The van der Waals surface area contributed by atoms with E-state index in [0.717, 1.165) is 10.0 Å². The second-order valence-electron chi connectivity index (χ2n) is 7.04. The topological polar surface area (TPSA) is 76.7 Å². The van der Waals surface area contributed by atoms with E-state index in [-0.39, 0.29) is 12.5 Å². The van der Waals surface area contributed by atoms with Crippen LogP contribution in [0.1, 0.15) is 21.5 Å². The third-order valence-corrected chi connectivity index (χ3v) is 6.04. The highest BCUT2D eigenvalue weighted by Crippen LogP contribution is 2.33. The molecule has 0 saturated carbocycles.